The summed E-state index contributed by atoms with van der Waals surface area (Å²) in [5, 5.41) is 3.41. The molecule has 0 bridgehead atoms. The highest BCUT2D eigenvalue weighted by Crippen LogP contribution is 2.29. The van der Waals surface area contributed by atoms with Crippen LogP contribution in [0.2, 0.25) is 0 Å². The van der Waals surface area contributed by atoms with E-state index in [0.29, 0.717) is 12.0 Å². The molecule has 3 nitrogen and oxygen atoms in total. The topological polar surface area (TPSA) is 29.9 Å². The van der Waals surface area contributed by atoms with Gasteiger partial charge in [-0.15, -0.1) is 0 Å². The molecule has 4 heteroatoms. The lowest BCUT2D eigenvalue weighted by molar-refractivity contribution is 0.560. The van der Waals surface area contributed by atoms with E-state index in [0.717, 1.165) is 12.5 Å². The van der Waals surface area contributed by atoms with Gasteiger partial charge < -0.3 is 9.88 Å². The molecule has 1 unspecified atom stereocenters. The van der Waals surface area contributed by atoms with E-state index < -0.39 is 0 Å². The van der Waals surface area contributed by atoms with Crippen molar-refractivity contribution in [3.05, 3.63) is 12.4 Å². The second kappa shape index (κ2) is 4.92. The maximum atomic E-state index is 4.38. The number of imidazole rings is 1. The van der Waals surface area contributed by atoms with Gasteiger partial charge in [0.2, 0.25) is 5.95 Å². The molecule has 0 spiro atoms. The van der Waals surface area contributed by atoms with Gasteiger partial charge in [-0.1, -0.05) is 13.8 Å². The fourth-order valence-corrected chi connectivity index (χ4v) is 2.99. The standard InChI is InChI=1S/C11H19N3S/c1-9(2)7-13-11-12-4-5-14(11)10-3-6-15-8-10/h4-5,9-10H,3,6-8H2,1-2H3,(H,12,13). The molecule has 1 fully saturated rings. The van der Waals surface area contributed by atoms with Crippen molar-refractivity contribution in [1.82, 2.24) is 9.55 Å². The van der Waals surface area contributed by atoms with Gasteiger partial charge in [0.1, 0.15) is 0 Å². The quantitative estimate of drug-likeness (QED) is 0.854. The Morgan fingerprint density at radius 3 is 3.20 bits per heavy atom. The molecule has 1 atom stereocenters. The summed E-state index contributed by atoms with van der Waals surface area (Å²) < 4.78 is 2.29. The number of hydrogen-bond donors (Lipinski definition) is 1. The highest BCUT2D eigenvalue weighted by molar-refractivity contribution is 7.99. The Morgan fingerprint density at radius 2 is 2.53 bits per heavy atom. The zero-order chi connectivity index (χ0) is 10.7. The lowest BCUT2D eigenvalue weighted by Crippen LogP contribution is -2.15. The largest absolute Gasteiger partial charge is 0.355 e. The zero-order valence-corrected chi connectivity index (χ0v) is 10.3. The van der Waals surface area contributed by atoms with Gasteiger partial charge in [0.15, 0.2) is 0 Å². The van der Waals surface area contributed by atoms with Crippen molar-refractivity contribution < 1.29 is 0 Å². The van der Waals surface area contributed by atoms with Gasteiger partial charge in [0.25, 0.3) is 0 Å². The van der Waals surface area contributed by atoms with Crippen LogP contribution in [0.5, 0.6) is 0 Å². The summed E-state index contributed by atoms with van der Waals surface area (Å²) in [6, 6.07) is 0.646. The molecule has 1 N–H and O–H groups in total. The molecule has 1 saturated heterocycles. The SMILES string of the molecule is CC(C)CNc1nccn1C1CCSC1. The first-order valence-electron chi connectivity index (χ1n) is 5.62. The molecule has 2 heterocycles. The van der Waals surface area contributed by atoms with Crippen LogP contribution in [0.1, 0.15) is 26.3 Å². The van der Waals surface area contributed by atoms with Crippen LogP contribution in [0.4, 0.5) is 5.95 Å². The number of hydrogen-bond acceptors (Lipinski definition) is 3. The van der Waals surface area contributed by atoms with Crippen molar-refractivity contribution in [2.24, 2.45) is 5.92 Å². The molecule has 0 radical (unpaired) electrons. The van der Waals surface area contributed by atoms with E-state index in [1.165, 1.54) is 17.9 Å². The minimum Gasteiger partial charge on any atom is -0.355 e. The van der Waals surface area contributed by atoms with Crippen LogP contribution in [0.15, 0.2) is 12.4 Å². The monoisotopic (exact) mass is 225 g/mol. The molecule has 15 heavy (non-hydrogen) atoms. The van der Waals surface area contributed by atoms with Crippen LogP contribution in [0, 0.1) is 5.92 Å². The van der Waals surface area contributed by atoms with Crippen LogP contribution in [-0.4, -0.2) is 27.6 Å². The molecular weight excluding hydrogens is 206 g/mol. The molecule has 2 rings (SSSR count). The predicted molar refractivity (Wildman–Crippen MR) is 66.5 cm³/mol. The number of rotatable bonds is 4. The van der Waals surface area contributed by atoms with E-state index in [4.69, 9.17) is 0 Å². The lowest BCUT2D eigenvalue weighted by Gasteiger charge is -2.15. The number of nitrogens with one attached hydrogen (secondary N) is 1. The summed E-state index contributed by atoms with van der Waals surface area (Å²) in [7, 11) is 0. The fourth-order valence-electron chi connectivity index (χ4n) is 1.78. The second-order valence-electron chi connectivity index (χ2n) is 4.45. The van der Waals surface area contributed by atoms with Crippen molar-refractivity contribution in [1.29, 1.82) is 0 Å². The van der Waals surface area contributed by atoms with Crippen LogP contribution < -0.4 is 5.32 Å². The highest BCUT2D eigenvalue weighted by Gasteiger charge is 2.19. The average Bonchev–Trinajstić information content (AvgIpc) is 2.85. The average molecular weight is 225 g/mol. The van der Waals surface area contributed by atoms with E-state index >= 15 is 0 Å². The molecule has 0 aliphatic carbocycles. The van der Waals surface area contributed by atoms with Crippen LogP contribution in [0.3, 0.4) is 0 Å². The molecule has 0 amide bonds. The minimum atomic E-state index is 0.646. The van der Waals surface area contributed by atoms with Crippen molar-refractivity contribution in [2.45, 2.75) is 26.3 Å². The number of thioether (sulfide) groups is 1. The Labute approximate surface area is 95.7 Å². The Balaban J connectivity index is 2.01. The van der Waals surface area contributed by atoms with Crippen LogP contribution >= 0.6 is 11.8 Å². The molecule has 84 valence electrons. The first kappa shape index (κ1) is 10.9. The molecule has 1 aromatic rings. The zero-order valence-electron chi connectivity index (χ0n) is 9.44. The van der Waals surface area contributed by atoms with E-state index in [9.17, 15) is 0 Å². The summed E-state index contributed by atoms with van der Waals surface area (Å²) in [6.07, 6.45) is 5.27. The van der Waals surface area contributed by atoms with Crippen molar-refractivity contribution in [2.75, 3.05) is 23.4 Å². The molecule has 1 aliphatic heterocycles. The van der Waals surface area contributed by atoms with Crippen LogP contribution in [-0.2, 0) is 0 Å². The van der Waals surface area contributed by atoms with Gasteiger partial charge in [-0.05, 0) is 18.1 Å². The third kappa shape index (κ3) is 2.68. The molecular formula is C11H19N3S. The van der Waals surface area contributed by atoms with Crippen molar-refractivity contribution in [3.8, 4) is 0 Å². The third-order valence-electron chi connectivity index (χ3n) is 2.64. The minimum absolute atomic E-state index is 0.646. The van der Waals surface area contributed by atoms with Crippen molar-refractivity contribution >= 4 is 17.7 Å². The van der Waals surface area contributed by atoms with Gasteiger partial charge in [-0.3, -0.25) is 0 Å². The summed E-state index contributed by atoms with van der Waals surface area (Å²) in [5.74, 6) is 4.21. The molecule has 0 saturated carbocycles. The smallest absolute Gasteiger partial charge is 0.203 e. The van der Waals surface area contributed by atoms with Gasteiger partial charge in [0, 0.05) is 30.7 Å². The Kier molecular flexibility index (Phi) is 3.57. The summed E-state index contributed by atoms with van der Waals surface area (Å²) in [4.78, 5) is 4.38. The molecule has 0 aromatic carbocycles. The molecule has 1 aliphatic rings. The number of anilines is 1. The van der Waals surface area contributed by atoms with Crippen LogP contribution in [0.25, 0.3) is 0 Å². The number of nitrogens with zero attached hydrogens (tertiary/aromatic N) is 2. The highest BCUT2D eigenvalue weighted by atomic mass is 32.2. The van der Waals surface area contributed by atoms with Gasteiger partial charge in [-0.2, -0.15) is 11.8 Å². The predicted octanol–water partition coefficient (Wildman–Crippen LogP) is 2.63. The Hall–Kier alpha value is -0.640. The second-order valence-corrected chi connectivity index (χ2v) is 5.60. The van der Waals surface area contributed by atoms with E-state index in [1.54, 1.807) is 0 Å². The first-order chi connectivity index (χ1) is 7.27. The van der Waals surface area contributed by atoms with Gasteiger partial charge in [0.05, 0.1) is 0 Å². The Morgan fingerprint density at radius 1 is 1.67 bits per heavy atom. The third-order valence-corrected chi connectivity index (χ3v) is 3.78. The van der Waals surface area contributed by atoms with Gasteiger partial charge >= 0.3 is 0 Å². The molecule has 1 aromatic heterocycles. The lowest BCUT2D eigenvalue weighted by atomic mass is 10.2. The van der Waals surface area contributed by atoms with Gasteiger partial charge in [-0.25, -0.2) is 4.98 Å². The maximum absolute atomic E-state index is 4.38. The fraction of sp³-hybridized carbons (Fsp3) is 0.727. The summed E-state index contributed by atoms with van der Waals surface area (Å²) >= 11 is 2.04. The first-order valence-corrected chi connectivity index (χ1v) is 6.77. The van der Waals surface area contributed by atoms with E-state index in [2.05, 4.69) is 34.9 Å². The van der Waals surface area contributed by atoms with E-state index in [1.807, 2.05) is 18.0 Å². The summed E-state index contributed by atoms with van der Waals surface area (Å²) in [5.41, 5.74) is 0. The van der Waals surface area contributed by atoms with Crippen molar-refractivity contribution in [3.63, 3.8) is 0 Å². The van der Waals surface area contributed by atoms with E-state index in [-0.39, 0.29) is 0 Å². The normalized spacial score (nSPS) is 21.1. The summed E-state index contributed by atoms with van der Waals surface area (Å²) in [6.45, 7) is 5.42. The Bertz CT molecular complexity index is 303. The number of aromatic nitrogens is 2. The maximum Gasteiger partial charge on any atom is 0.203 e.